The van der Waals surface area contributed by atoms with Crippen LogP contribution in [-0.4, -0.2) is 34.6 Å². The van der Waals surface area contributed by atoms with Gasteiger partial charge in [-0.2, -0.15) is 5.26 Å². The largest absolute Gasteiger partial charge is 0.484 e. The van der Waals surface area contributed by atoms with Crippen LogP contribution in [0.3, 0.4) is 0 Å². The molecule has 5 heteroatoms. The Hall–Kier alpha value is -1.61. The standard InChI is InChI=1S/C17H21NO4/c1-17(16(20)15-4-2-3-7-21-15)9-13(19)12-8-11(10-18)5-6-14(12)22-17/h5-6,8,13,15-16,19-20H,2-4,7,9H2,1H3. The van der Waals surface area contributed by atoms with Gasteiger partial charge in [0.1, 0.15) is 17.5 Å². The molecule has 2 aliphatic rings. The molecule has 0 aliphatic carbocycles. The normalized spacial score (nSPS) is 32.5. The first-order valence-corrected chi connectivity index (χ1v) is 7.74. The Morgan fingerprint density at radius 1 is 1.41 bits per heavy atom. The summed E-state index contributed by atoms with van der Waals surface area (Å²) in [5, 5.41) is 30.1. The van der Waals surface area contributed by atoms with Crippen LogP contribution in [0, 0.1) is 11.3 Å². The number of rotatable bonds is 2. The van der Waals surface area contributed by atoms with E-state index in [2.05, 4.69) is 6.07 Å². The van der Waals surface area contributed by atoms with E-state index < -0.39 is 17.8 Å². The second-order valence-electron chi connectivity index (χ2n) is 6.35. The molecule has 3 rings (SSSR count). The van der Waals surface area contributed by atoms with E-state index in [4.69, 9.17) is 14.7 Å². The van der Waals surface area contributed by atoms with Crippen molar-refractivity contribution >= 4 is 0 Å². The summed E-state index contributed by atoms with van der Waals surface area (Å²) in [6, 6.07) is 7.04. The maximum Gasteiger partial charge on any atom is 0.137 e. The van der Waals surface area contributed by atoms with Crippen molar-refractivity contribution in [2.24, 2.45) is 0 Å². The monoisotopic (exact) mass is 303 g/mol. The van der Waals surface area contributed by atoms with Gasteiger partial charge in [-0.25, -0.2) is 0 Å². The van der Waals surface area contributed by atoms with E-state index in [1.807, 2.05) is 0 Å². The van der Waals surface area contributed by atoms with Gasteiger partial charge in [-0.3, -0.25) is 0 Å². The van der Waals surface area contributed by atoms with Gasteiger partial charge < -0.3 is 19.7 Å². The molecule has 1 saturated heterocycles. The lowest BCUT2D eigenvalue weighted by Crippen LogP contribution is -2.54. The first kappa shape index (κ1) is 15.3. The number of hydrogen-bond acceptors (Lipinski definition) is 5. The third-order valence-corrected chi connectivity index (χ3v) is 4.63. The highest BCUT2D eigenvalue weighted by molar-refractivity contribution is 5.45. The van der Waals surface area contributed by atoms with Crippen LogP contribution in [0.25, 0.3) is 0 Å². The van der Waals surface area contributed by atoms with Gasteiger partial charge in [-0.05, 0) is 44.4 Å². The zero-order chi connectivity index (χ0) is 15.7. The quantitative estimate of drug-likeness (QED) is 0.874. The molecule has 0 radical (unpaired) electrons. The van der Waals surface area contributed by atoms with E-state index in [0.717, 1.165) is 19.3 Å². The van der Waals surface area contributed by atoms with Crippen LogP contribution in [0.15, 0.2) is 18.2 Å². The van der Waals surface area contributed by atoms with E-state index in [1.54, 1.807) is 25.1 Å². The lowest BCUT2D eigenvalue weighted by atomic mass is 9.82. The van der Waals surface area contributed by atoms with E-state index in [9.17, 15) is 10.2 Å². The van der Waals surface area contributed by atoms with Gasteiger partial charge in [0.25, 0.3) is 0 Å². The van der Waals surface area contributed by atoms with Crippen molar-refractivity contribution < 1.29 is 19.7 Å². The van der Waals surface area contributed by atoms with Crippen molar-refractivity contribution in [3.8, 4) is 11.8 Å². The summed E-state index contributed by atoms with van der Waals surface area (Å²) in [6.07, 6.45) is 1.30. The van der Waals surface area contributed by atoms with E-state index in [1.165, 1.54) is 0 Å². The van der Waals surface area contributed by atoms with Crippen molar-refractivity contribution in [2.75, 3.05) is 6.61 Å². The SMILES string of the molecule is CC1(C(O)C2CCCCO2)CC(O)c2cc(C#N)ccc2O1. The molecule has 4 atom stereocenters. The van der Waals surface area contributed by atoms with Crippen molar-refractivity contribution in [3.05, 3.63) is 29.3 Å². The molecule has 1 aromatic carbocycles. The Labute approximate surface area is 130 Å². The Morgan fingerprint density at radius 2 is 2.23 bits per heavy atom. The van der Waals surface area contributed by atoms with Crippen LogP contribution >= 0.6 is 0 Å². The Balaban J connectivity index is 1.85. The van der Waals surface area contributed by atoms with Crippen molar-refractivity contribution in [2.45, 2.75) is 56.5 Å². The van der Waals surface area contributed by atoms with Gasteiger partial charge in [0, 0.05) is 18.6 Å². The molecular weight excluding hydrogens is 282 g/mol. The average molecular weight is 303 g/mol. The van der Waals surface area contributed by atoms with Gasteiger partial charge in [0.2, 0.25) is 0 Å². The predicted molar refractivity (Wildman–Crippen MR) is 79.4 cm³/mol. The minimum absolute atomic E-state index is 0.258. The smallest absolute Gasteiger partial charge is 0.137 e. The fourth-order valence-electron chi connectivity index (χ4n) is 3.35. The second-order valence-corrected chi connectivity index (χ2v) is 6.35. The van der Waals surface area contributed by atoms with E-state index in [0.29, 0.717) is 23.5 Å². The Kier molecular flexibility index (Phi) is 4.09. The number of benzene rings is 1. The summed E-state index contributed by atoms with van der Waals surface area (Å²) < 4.78 is 11.7. The molecule has 1 fully saturated rings. The zero-order valence-electron chi connectivity index (χ0n) is 12.7. The molecular formula is C17H21NO4. The Bertz CT molecular complexity index is 591. The molecule has 0 spiro atoms. The minimum atomic E-state index is -0.900. The van der Waals surface area contributed by atoms with Crippen molar-refractivity contribution in [1.29, 1.82) is 5.26 Å². The van der Waals surface area contributed by atoms with Crippen LogP contribution in [0.1, 0.15) is 49.8 Å². The number of fused-ring (bicyclic) bond motifs is 1. The maximum atomic E-state index is 10.7. The number of nitriles is 1. The fourth-order valence-corrected chi connectivity index (χ4v) is 3.35. The summed E-state index contributed by atoms with van der Waals surface area (Å²) >= 11 is 0. The van der Waals surface area contributed by atoms with Crippen LogP contribution < -0.4 is 4.74 Å². The third-order valence-electron chi connectivity index (χ3n) is 4.63. The molecule has 2 N–H and O–H groups in total. The first-order chi connectivity index (χ1) is 10.5. The van der Waals surface area contributed by atoms with E-state index in [-0.39, 0.29) is 12.5 Å². The van der Waals surface area contributed by atoms with Gasteiger partial charge >= 0.3 is 0 Å². The molecule has 2 heterocycles. The summed E-state index contributed by atoms with van der Waals surface area (Å²) in [5.41, 5.74) is 0.192. The van der Waals surface area contributed by atoms with Gasteiger partial charge in [0.05, 0.1) is 23.8 Å². The number of hydrogen-bond donors (Lipinski definition) is 2. The summed E-state index contributed by atoms with van der Waals surface area (Å²) in [7, 11) is 0. The highest BCUT2D eigenvalue weighted by atomic mass is 16.5. The number of aliphatic hydroxyl groups excluding tert-OH is 2. The predicted octanol–water partition coefficient (Wildman–Crippen LogP) is 2.06. The molecule has 4 unspecified atom stereocenters. The molecule has 5 nitrogen and oxygen atoms in total. The molecule has 1 aromatic rings. The number of aliphatic hydroxyl groups is 2. The van der Waals surface area contributed by atoms with Crippen LogP contribution in [0.5, 0.6) is 5.75 Å². The van der Waals surface area contributed by atoms with Crippen LogP contribution in [0.4, 0.5) is 0 Å². The first-order valence-electron chi connectivity index (χ1n) is 7.74. The lowest BCUT2D eigenvalue weighted by molar-refractivity contribution is -0.153. The summed E-state index contributed by atoms with van der Waals surface area (Å²) in [6.45, 7) is 2.46. The molecule has 2 aliphatic heterocycles. The van der Waals surface area contributed by atoms with E-state index >= 15 is 0 Å². The molecule has 22 heavy (non-hydrogen) atoms. The maximum absolute atomic E-state index is 10.7. The van der Waals surface area contributed by atoms with Gasteiger partial charge in [-0.1, -0.05) is 0 Å². The molecule has 0 aromatic heterocycles. The lowest BCUT2D eigenvalue weighted by Gasteiger charge is -2.44. The molecule has 0 bridgehead atoms. The topological polar surface area (TPSA) is 82.7 Å². The minimum Gasteiger partial charge on any atom is -0.484 e. The zero-order valence-corrected chi connectivity index (χ0v) is 12.7. The van der Waals surface area contributed by atoms with Crippen LogP contribution in [-0.2, 0) is 4.74 Å². The fraction of sp³-hybridized carbons (Fsp3) is 0.588. The number of ether oxygens (including phenoxy) is 2. The third kappa shape index (κ3) is 2.70. The Morgan fingerprint density at radius 3 is 2.91 bits per heavy atom. The molecule has 0 saturated carbocycles. The summed E-state index contributed by atoms with van der Waals surface area (Å²) in [5.74, 6) is 0.523. The van der Waals surface area contributed by atoms with Gasteiger partial charge in [0.15, 0.2) is 0 Å². The van der Waals surface area contributed by atoms with Crippen LogP contribution in [0.2, 0.25) is 0 Å². The molecule has 118 valence electrons. The highest BCUT2D eigenvalue weighted by Crippen LogP contribution is 2.42. The van der Waals surface area contributed by atoms with Crippen molar-refractivity contribution in [3.63, 3.8) is 0 Å². The van der Waals surface area contributed by atoms with Gasteiger partial charge in [-0.15, -0.1) is 0 Å². The highest BCUT2D eigenvalue weighted by Gasteiger charge is 2.46. The van der Waals surface area contributed by atoms with Crippen molar-refractivity contribution in [1.82, 2.24) is 0 Å². The average Bonchev–Trinajstić information content (AvgIpc) is 2.54. The molecule has 0 amide bonds. The number of nitrogens with zero attached hydrogens (tertiary/aromatic N) is 1. The summed E-state index contributed by atoms with van der Waals surface area (Å²) in [4.78, 5) is 0. The second kappa shape index (κ2) is 5.88.